The molecule has 2 amide bonds. The molecule has 0 spiro atoms. The summed E-state index contributed by atoms with van der Waals surface area (Å²) in [4.78, 5) is 26.1. The minimum absolute atomic E-state index is 0.0852. The van der Waals surface area contributed by atoms with Crippen LogP contribution in [0.1, 0.15) is 35.3 Å². The number of amides is 2. The molecule has 0 aliphatic heterocycles. The van der Waals surface area contributed by atoms with Crippen molar-refractivity contribution in [1.29, 1.82) is 0 Å². The molecule has 0 saturated heterocycles. The van der Waals surface area contributed by atoms with E-state index in [2.05, 4.69) is 5.32 Å². The van der Waals surface area contributed by atoms with Gasteiger partial charge in [0.25, 0.3) is 11.8 Å². The van der Waals surface area contributed by atoms with Gasteiger partial charge in [0.05, 0.1) is 23.2 Å². The van der Waals surface area contributed by atoms with E-state index >= 15 is 0 Å². The van der Waals surface area contributed by atoms with Gasteiger partial charge in [0.2, 0.25) is 0 Å². The Labute approximate surface area is 180 Å². The number of halogens is 2. The molecule has 156 valence electrons. The highest BCUT2D eigenvalue weighted by molar-refractivity contribution is 6.37. The molecule has 0 radical (unpaired) electrons. The molecular formula is C21H24Cl2N2O4. The third-order valence-corrected chi connectivity index (χ3v) is 4.88. The molecule has 6 nitrogen and oxygen atoms in total. The van der Waals surface area contributed by atoms with Crippen LogP contribution in [0, 0.1) is 0 Å². The van der Waals surface area contributed by atoms with E-state index in [1.165, 1.54) is 24.1 Å². The second-order valence-corrected chi connectivity index (χ2v) is 7.34. The lowest BCUT2D eigenvalue weighted by Crippen LogP contribution is -2.30. The Morgan fingerprint density at radius 3 is 2.31 bits per heavy atom. The second kappa shape index (κ2) is 10.4. The van der Waals surface area contributed by atoms with Crippen LogP contribution in [0.4, 0.5) is 0 Å². The maximum Gasteiger partial charge on any atom is 0.259 e. The monoisotopic (exact) mass is 438 g/mol. The van der Waals surface area contributed by atoms with Crippen LogP contribution in [0.25, 0.3) is 0 Å². The number of carbonyl (C=O) groups is 2. The van der Waals surface area contributed by atoms with Gasteiger partial charge in [-0.3, -0.25) is 9.59 Å². The molecule has 0 bridgehead atoms. The first-order valence-corrected chi connectivity index (χ1v) is 9.79. The molecule has 8 heteroatoms. The number of ether oxygens (including phenoxy) is 2. The minimum atomic E-state index is -0.331. The Balaban J connectivity index is 2.22. The summed E-state index contributed by atoms with van der Waals surface area (Å²) in [6.07, 6.45) is 0.616. The second-order valence-electron chi connectivity index (χ2n) is 6.52. The summed E-state index contributed by atoms with van der Waals surface area (Å²) in [7, 11) is 4.79. The van der Waals surface area contributed by atoms with Gasteiger partial charge < -0.3 is 19.7 Å². The van der Waals surface area contributed by atoms with Gasteiger partial charge in [-0.15, -0.1) is 0 Å². The van der Waals surface area contributed by atoms with Crippen molar-refractivity contribution in [3.63, 3.8) is 0 Å². The molecular weight excluding hydrogens is 415 g/mol. The van der Waals surface area contributed by atoms with E-state index in [-0.39, 0.29) is 34.5 Å². The SMILES string of the molecule is CCC(NC(=O)c1cc(Cl)c(OC)c(Cl)c1)c1ccccc1OCC(=O)N(C)C. The van der Waals surface area contributed by atoms with E-state index in [1.54, 1.807) is 20.2 Å². The van der Waals surface area contributed by atoms with Crippen molar-refractivity contribution in [3.05, 3.63) is 57.6 Å². The number of hydrogen-bond donors (Lipinski definition) is 1. The van der Waals surface area contributed by atoms with Crippen LogP contribution < -0.4 is 14.8 Å². The van der Waals surface area contributed by atoms with Gasteiger partial charge in [-0.1, -0.05) is 48.3 Å². The summed E-state index contributed by atoms with van der Waals surface area (Å²) in [5.41, 5.74) is 1.10. The van der Waals surface area contributed by atoms with Crippen LogP contribution in [0.5, 0.6) is 11.5 Å². The predicted molar refractivity (Wildman–Crippen MR) is 114 cm³/mol. The number of nitrogens with one attached hydrogen (secondary N) is 1. The van der Waals surface area contributed by atoms with Crippen LogP contribution in [-0.2, 0) is 4.79 Å². The van der Waals surface area contributed by atoms with Gasteiger partial charge in [-0.25, -0.2) is 0 Å². The van der Waals surface area contributed by atoms with E-state index in [4.69, 9.17) is 32.7 Å². The van der Waals surface area contributed by atoms with Gasteiger partial charge in [-0.2, -0.15) is 0 Å². The molecule has 0 aromatic heterocycles. The van der Waals surface area contributed by atoms with Crippen LogP contribution in [0.15, 0.2) is 36.4 Å². The van der Waals surface area contributed by atoms with Crippen LogP contribution in [0.2, 0.25) is 10.0 Å². The van der Waals surface area contributed by atoms with Crippen LogP contribution in [0.3, 0.4) is 0 Å². The maximum atomic E-state index is 12.8. The molecule has 2 rings (SSSR count). The van der Waals surface area contributed by atoms with Crippen molar-refractivity contribution in [2.24, 2.45) is 0 Å². The standard InChI is InChI=1S/C21H24Cl2N2O4/c1-5-17(14-8-6-7-9-18(14)29-12-19(26)25(2)3)24-21(27)13-10-15(22)20(28-4)16(23)11-13/h6-11,17H,5,12H2,1-4H3,(H,24,27). The third-order valence-electron chi connectivity index (χ3n) is 4.32. The summed E-state index contributed by atoms with van der Waals surface area (Å²) in [6, 6.07) is 9.99. The first-order valence-electron chi connectivity index (χ1n) is 9.04. The highest BCUT2D eigenvalue weighted by Gasteiger charge is 2.20. The van der Waals surface area contributed by atoms with Crippen LogP contribution in [-0.4, -0.2) is 44.5 Å². The normalized spacial score (nSPS) is 11.5. The Bertz CT molecular complexity index is 864. The van der Waals surface area contributed by atoms with E-state index in [0.29, 0.717) is 23.5 Å². The van der Waals surface area contributed by atoms with E-state index in [0.717, 1.165) is 5.56 Å². The largest absolute Gasteiger partial charge is 0.494 e. The molecule has 0 aliphatic carbocycles. The molecule has 2 aromatic rings. The number of benzene rings is 2. The number of rotatable bonds is 8. The maximum absolute atomic E-state index is 12.8. The summed E-state index contributed by atoms with van der Waals surface area (Å²) in [5, 5.41) is 3.48. The van der Waals surface area contributed by atoms with Crippen molar-refractivity contribution < 1.29 is 19.1 Å². The fourth-order valence-electron chi connectivity index (χ4n) is 2.70. The third kappa shape index (κ3) is 5.78. The fourth-order valence-corrected chi connectivity index (χ4v) is 3.34. The highest BCUT2D eigenvalue weighted by atomic mass is 35.5. The van der Waals surface area contributed by atoms with Crippen molar-refractivity contribution in [3.8, 4) is 11.5 Å². The number of methoxy groups -OCH3 is 1. The summed E-state index contributed by atoms with van der Waals surface area (Å²) in [6.45, 7) is 1.86. The lowest BCUT2D eigenvalue weighted by molar-refractivity contribution is -0.130. The fraction of sp³-hybridized carbons (Fsp3) is 0.333. The Hall–Kier alpha value is -2.44. The average Bonchev–Trinajstić information content (AvgIpc) is 2.69. The number of likely N-dealkylation sites (N-methyl/N-ethyl adjacent to an activating group) is 1. The van der Waals surface area contributed by atoms with Crippen molar-refractivity contribution in [1.82, 2.24) is 10.2 Å². The zero-order chi connectivity index (χ0) is 21.6. The van der Waals surface area contributed by atoms with Gasteiger partial charge in [0, 0.05) is 25.2 Å². The minimum Gasteiger partial charge on any atom is -0.494 e. The molecule has 29 heavy (non-hydrogen) atoms. The lowest BCUT2D eigenvalue weighted by atomic mass is 10.0. The zero-order valence-corrected chi connectivity index (χ0v) is 18.3. The number of para-hydroxylation sites is 1. The van der Waals surface area contributed by atoms with E-state index < -0.39 is 0 Å². The Morgan fingerprint density at radius 1 is 1.14 bits per heavy atom. The molecule has 0 saturated carbocycles. The Kier molecular flexibility index (Phi) is 8.17. The summed E-state index contributed by atoms with van der Waals surface area (Å²) < 4.78 is 10.8. The van der Waals surface area contributed by atoms with Gasteiger partial charge in [0.15, 0.2) is 12.4 Å². The van der Waals surface area contributed by atoms with E-state index in [9.17, 15) is 9.59 Å². The van der Waals surface area contributed by atoms with Gasteiger partial charge in [0.1, 0.15) is 5.75 Å². The first kappa shape index (κ1) is 22.8. The van der Waals surface area contributed by atoms with Gasteiger partial charge >= 0.3 is 0 Å². The molecule has 1 N–H and O–H groups in total. The van der Waals surface area contributed by atoms with Crippen LogP contribution >= 0.6 is 23.2 Å². The predicted octanol–water partition coefficient (Wildman–Crippen LogP) is 4.35. The van der Waals surface area contributed by atoms with Gasteiger partial charge in [-0.05, 0) is 24.6 Å². The Morgan fingerprint density at radius 2 is 1.76 bits per heavy atom. The summed E-state index contributed by atoms with van der Waals surface area (Å²) in [5.74, 6) is 0.378. The molecule has 1 atom stereocenters. The lowest BCUT2D eigenvalue weighted by Gasteiger charge is -2.21. The average molecular weight is 439 g/mol. The van der Waals surface area contributed by atoms with Crippen molar-refractivity contribution in [2.45, 2.75) is 19.4 Å². The van der Waals surface area contributed by atoms with Crippen molar-refractivity contribution >= 4 is 35.0 Å². The molecule has 0 aliphatic rings. The smallest absolute Gasteiger partial charge is 0.259 e. The first-order chi connectivity index (χ1) is 13.8. The molecule has 2 aromatic carbocycles. The molecule has 1 unspecified atom stereocenters. The van der Waals surface area contributed by atoms with E-state index in [1.807, 2.05) is 25.1 Å². The number of hydrogen-bond acceptors (Lipinski definition) is 4. The van der Waals surface area contributed by atoms with Crippen molar-refractivity contribution in [2.75, 3.05) is 27.8 Å². The number of carbonyl (C=O) groups excluding carboxylic acids is 2. The molecule has 0 fully saturated rings. The zero-order valence-electron chi connectivity index (χ0n) is 16.8. The highest BCUT2D eigenvalue weighted by Crippen LogP contribution is 2.34. The molecule has 0 heterocycles. The summed E-state index contributed by atoms with van der Waals surface area (Å²) >= 11 is 12.3. The quantitative estimate of drug-likeness (QED) is 0.664. The topological polar surface area (TPSA) is 67.9 Å². The number of nitrogens with zero attached hydrogens (tertiary/aromatic N) is 1.